The van der Waals surface area contributed by atoms with Crippen molar-refractivity contribution in [2.75, 3.05) is 26.2 Å². The maximum atomic E-state index is 9.32. The summed E-state index contributed by atoms with van der Waals surface area (Å²) in [4.78, 5) is 2.44. The van der Waals surface area contributed by atoms with Gasteiger partial charge in [-0.05, 0) is 30.2 Å². The number of nitrogens with one attached hydrogen (secondary N) is 1. The molecule has 0 amide bonds. The highest BCUT2D eigenvalue weighted by Crippen LogP contribution is 2.17. The molecule has 0 radical (unpaired) electrons. The molecule has 1 aromatic carbocycles. The van der Waals surface area contributed by atoms with Crippen LogP contribution in [-0.2, 0) is 6.54 Å². The zero-order chi connectivity index (χ0) is 10.7. The number of hydrogen-bond acceptors (Lipinski definition) is 3. The minimum atomic E-state index is 0.358. The minimum absolute atomic E-state index is 0.358. The molecule has 1 saturated heterocycles. The first-order valence-electron chi connectivity index (χ1n) is 5.47. The molecule has 0 spiro atoms. The monoisotopic (exact) mass is 206 g/mol. The second kappa shape index (κ2) is 4.64. The highest BCUT2D eigenvalue weighted by molar-refractivity contribution is 5.33. The van der Waals surface area contributed by atoms with E-state index in [0.717, 1.165) is 32.7 Å². The third kappa shape index (κ3) is 2.70. The van der Waals surface area contributed by atoms with E-state index in [-0.39, 0.29) is 0 Å². The highest BCUT2D eigenvalue weighted by atomic mass is 16.3. The van der Waals surface area contributed by atoms with Crippen LogP contribution in [0.5, 0.6) is 5.75 Å². The molecule has 1 aromatic rings. The van der Waals surface area contributed by atoms with Crippen LogP contribution >= 0.6 is 0 Å². The molecule has 3 nitrogen and oxygen atoms in total. The Morgan fingerprint density at radius 2 is 2.07 bits per heavy atom. The van der Waals surface area contributed by atoms with Gasteiger partial charge in [0.2, 0.25) is 0 Å². The SMILES string of the molecule is Cc1cc(O)ccc1CN1CCNCC1. The van der Waals surface area contributed by atoms with E-state index in [4.69, 9.17) is 0 Å². The van der Waals surface area contributed by atoms with Crippen molar-refractivity contribution in [3.05, 3.63) is 29.3 Å². The van der Waals surface area contributed by atoms with Crippen molar-refractivity contribution in [2.45, 2.75) is 13.5 Å². The van der Waals surface area contributed by atoms with Crippen LogP contribution in [0.1, 0.15) is 11.1 Å². The van der Waals surface area contributed by atoms with Gasteiger partial charge in [0, 0.05) is 32.7 Å². The van der Waals surface area contributed by atoms with E-state index in [1.54, 1.807) is 6.07 Å². The zero-order valence-corrected chi connectivity index (χ0v) is 9.16. The number of phenolic OH excluding ortho intramolecular Hbond substituents is 1. The van der Waals surface area contributed by atoms with E-state index in [0.29, 0.717) is 5.75 Å². The summed E-state index contributed by atoms with van der Waals surface area (Å²) in [5.74, 6) is 0.358. The minimum Gasteiger partial charge on any atom is -0.508 e. The van der Waals surface area contributed by atoms with Crippen LogP contribution < -0.4 is 5.32 Å². The number of phenols is 1. The van der Waals surface area contributed by atoms with Gasteiger partial charge in [0.1, 0.15) is 5.75 Å². The Hall–Kier alpha value is -1.06. The van der Waals surface area contributed by atoms with E-state index < -0.39 is 0 Å². The van der Waals surface area contributed by atoms with Crippen LogP contribution in [0.15, 0.2) is 18.2 Å². The Balaban J connectivity index is 2.03. The van der Waals surface area contributed by atoms with E-state index in [1.807, 2.05) is 12.1 Å². The average Bonchev–Trinajstić information content (AvgIpc) is 2.24. The number of nitrogens with zero attached hydrogens (tertiary/aromatic N) is 1. The van der Waals surface area contributed by atoms with Gasteiger partial charge in [0.05, 0.1) is 0 Å². The van der Waals surface area contributed by atoms with E-state index in [1.165, 1.54) is 11.1 Å². The van der Waals surface area contributed by atoms with Crippen molar-refractivity contribution >= 4 is 0 Å². The molecule has 15 heavy (non-hydrogen) atoms. The first-order chi connectivity index (χ1) is 7.25. The van der Waals surface area contributed by atoms with Gasteiger partial charge in [-0.1, -0.05) is 6.07 Å². The third-order valence-corrected chi connectivity index (χ3v) is 2.93. The smallest absolute Gasteiger partial charge is 0.115 e. The van der Waals surface area contributed by atoms with Gasteiger partial charge >= 0.3 is 0 Å². The molecule has 2 rings (SSSR count). The van der Waals surface area contributed by atoms with Crippen molar-refractivity contribution in [1.29, 1.82) is 0 Å². The van der Waals surface area contributed by atoms with Crippen LogP contribution in [0, 0.1) is 6.92 Å². The van der Waals surface area contributed by atoms with E-state index >= 15 is 0 Å². The molecular weight excluding hydrogens is 188 g/mol. The van der Waals surface area contributed by atoms with Gasteiger partial charge in [-0.2, -0.15) is 0 Å². The molecule has 82 valence electrons. The van der Waals surface area contributed by atoms with Gasteiger partial charge in [-0.25, -0.2) is 0 Å². The average molecular weight is 206 g/mol. The second-order valence-corrected chi connectivity index (χ2v) is 4.14. The molecular formula is C12H18N2O. The molecule has 0 bridgehead atoms. The summed E-state index contributed by atoms with van der Waals surface area (Å²) >= 11 is 0. The number of aryl methyl sites for hydroxylation is 1. The largest absolute Gasteiger partial charge is 0.508 e. The fourth-order valence-corrected chi connectivity index (χ4v) is 1.97. The van der Waals surface area contributed by atoms with Gasteiger partial charge < -0.3 is 10.4 Å². The topological polar surface area (TPSA) is 35.5 Å². The summed E-state index contributed by atoms with van der Waals surface area (Å²) in [6, 6.07) is 5.62. The fraction of sp³-hybridized carbons (Fsp3) is 0.500. The predicted molar refractivity (Wildman–Crippen MR) is 61.0 cm³/mol. The first kappa shape index (κ1) is 10.5. The maximum Gasteiger partial charge on any atom is 0.115 e. The lowest BCUT2D eigenvalue weighted by atomic mass is 10.1. The Kier molecular flexibility index (Phi) is 3.23. The van der Waals surface area contributed by atoms with E-state index in [9.17, 15) is 5.11 Å². The quantitative estimate of drug-likeness (QED) is 0.761. The number of aromatic hydroxyl groups is 1. The molecule has 0 aromatic heterocycles. The number of benzene rings is 1. The Labute approximate surface area is 90.7 Å². The molecule has 0 unspecified atom stereocenters. The van der Waals surface area contributed by atoms with Gasteiger partial charge in [0.15, 0.2) is 0 Å². The summed E-state index contributed by atoms with van der Waals surface area (Å²) in [5.41, 5.74) is 2.49. The summed E-state index contributed by atoms with van der Waals surface area (Å²) in [6.45, 7) is 7.43. The third-order valence-electron chi connectivity index (χ3n) is 2.93. The van der Waals surface area contributed by atoms with Crippen LogP contribution in [0.3, 0.4) is 0 Å². The molecule has 1 aliphatic heterocycles. The van der Waals surface area contributed by atoms with Crippen LogP contribution in [-0.4, -0.2) is 36.2 Å². The number of rotatable bonds is 2. The van der Waals surface area contributed by atoms with Crippen molar-refractivity contribution < 1.29 is 5.11 Å². The van der Waals surface area contributed by atoms with Gasteiger partial charge in [0.25, 0.3) is 0 Å². The summed E-state index contributed by atoms with van der Waals surface area (Å²) < 4.78 is 0. The molecule has 0 atom stereocenters. The lowest BCUT2D eigenvalue weighted by Gasteiger charge is -2.27. The normalized spacial score (nSPS) is 17.9. The molecule has 0 aliphatic carbocycles. The van der Waals surface area contributed by atoms with Crippen molar-refractivity contribution in [2.24, 2.45) is 0 Å². The maximum absolute atomic E-state index is 9.32. The lowest BCUT2D eigenvalue weighted by Crippen LogP contribution is -2.42. The van der Waals surface area contributed by atoms with Gasteiger partial charge in [-0.3, -0.25) is 4.90 Å². The standard InChI is InChI=1S/C12H18N2O/c1-10-8-12(15)3-2-11(10)9-14-6-4-13-5-7-14/h2-3,8,13,15H,4-7,9H2,1H3. The highest BCUT2D eigenvalue weighted by Gasteiger charge is 2.10. The molecule has 1 fully saturated rings. The predicted octanol–water partition coefficient (Wildman–Crippen LogP) is 1.11. The summed E-state index contributed by atoms with van der Waals surface area (Å²) in [5, 5.41) is 12.7. The van der Waals surface area contributed by atoms with Crippen molar-refractivity contribution in [1.82, 2.24) is 10.2 Å². The van der Waals surface area contributed by atoms with Crippen LogP contribution in [0.2, 0.25) is 0 Å². The van der Waals surface area contributed by atoms with Crippen LogP contribution in [0.25, 0.3) is 0 Å². The van der Waals surface area contributed by atoms with Crippen LogP contribution in [0.4, 0.5) is 0 Å². The Morgan fingerprint density at radius 1 is 1.33 bits per heavy atom. The summed E-state index contributed by atoms with van der Waals surface area (Å²) in [7, 11) is 0. The summed E-state index contributed by atoms with van der Waals surface area (Å²) in [6.07, 6.45) is 0. The van der Waals surface area contributed by atoms with Crippen molar-refractivity contribution in [3.63, 3.8) is 0 Å². The molecule has 2 N–H and O–H groups in total. The van der Waals surface area contributed by atoms with Gasteiger partial charge in [-0.15, -0.1) is 0 Å². The molecule has 1 heterocycles. The Bertz CT molecular complexity index is 332. The van der Waals surface area contributed by atoms with E-state index in [2.05, 4.69) is 17.1 Å². The Morgan fingerprint density at radius 3 is 2.73 bits per heavy atom. The lowest BCUT2D eigenvalue weighted by molar-refractivity contribution is 0.233. The van der Waals surface area contributed by atoms with Crippen molar-refractivity contribution in [3.8, 4) is 5.75 Å². The molecule has 0 saturated carbocycles. The fourth-order valence-electron chi connectivity index (χ4n) is 1.97. The number of piperazine rings is 1. The zero-order valence-electron chi connectivity index (χ0n) is 9.16. The molecule has 1 aliphatic rings. The molecule has 3 heteroatoms. The number of hydrogen-bond donors (Lipinski definition) is 2. The second-order valence-electron chi connectivity index (χ2n) is 4.14. The first-order valence-corrected chi connectivity index (χ1v) is 5.47.